The highest BCUT2D eigenvalue weighted by Gasteiger charge is 2.10. The summed E-state index contributed by atoms with van der Waals surface area (Å²) >= 11 is 5.97. The van der Waals surface area contributed by atoms with Gasteiger partial charge in [-0.05, 0) is 73.9 Å². The Balaban J connectivity index is 1.77. The minimum absolute atomic E-state index is 0.285. The van der Waals surface area contributed by atoms with E-state index < -0.39 is 0 Å². The van der Waals surface area contributed by atoms with E-state index in [0.29, 0.717) is 11.0 Å². The summed E-state index contributed by atoms with van der Waals surface area (Å²) in [5, 5.41) is 6.64. The Morgan fingerprint density at radius 2 is 1.77 bits per heavy atom. The summed E-state index contributed by atoms with van der Waals surface area (Å²) in [6.45, 7) is 5.97. The molecule has 1 amide bonds. The van der Waals surface area contributed by atoms with Crippen molar-refractivity contribution in [2.45, 2.75) is 20.8 Å². The number of hydrogen-bond donors (Lipinski definition) is 2. The third-order valence-corrected chi connectivity index (χ3v) is 4.32. The van der Waals surface area contributed by atoms with Gasteiger partial charge in [-0.25, -0.2) is 9.97 Å². The fraction of sp³-hybridized carbons (Fsp3) is 0.150. The fourth-order valence-corrected chi connectivity index (χ4v) is 2.67. The lowest BCUT2D eigenvalue weighted by Gasteiger charge is -2.10. The molecule has 1 aromatic heterocycles. The van der Waals surface area contributed by atoms with Gasteiger partial charge in [0.1, 0.15) is 5.69 Å². The Morgan fingerprint density at radius 1 is 0.962 bits per heavy atom. The number of halogens is 1. The van der Waals surface area contributed by atoms with Gasteiger partial charge in [0.05, 0.1) is 0 Å². The quantitative estimate of drug-likeness (QED) is 0.678. The molecule has 2 N–H and O–H groups in total. The monoisotopic (exact) mass is 366 g/mol. The zero-order valence-corrected chi connectivity index (χ0v) is 15.6. The van der Waals surface area contributed by atoms with Crippen LogP contribution in [0.3, 0.4) is 0 Å². The lowest BCUT2D eigenvalue weighted by Crippen LogP contribution is -2.15. The number of amides is 1. The van der Waals surface area contributed by atoms with Crippen LogP contribution in [-0.4, -0.2) is 15.9 Å². The van der Waals surface area contributed by atoms with Crippen LogP contribution in [-0.2, 0) is 0 Å². The molecule has 0 spiro atoms. The minimum atomic E-state index is -0.286. The minimum Gasteiger partial charge on any atom is -0.324 e. The van der Waals surface area contributed by atoms with Crippen LogP contribution in [0, 0.1) is 20.8 Å². The summed E-state index contributed by atoms with van der Waals surface area (Å²) in [4.78, 5) is 21.0. The van der Waals surface area contributed by atoms with Crippen molar-refractivity contribution in [1.82, 2.24) is 9.97 Å². The van der Waals surface area contributed by atoms with Crippen molar-refractivity contribution < 1.29 is 4.79 Å². The van der Waals surface area contributed by atoms with E-state index in [1.165, 1.54) is 5.56 Å². The molecule has 0 fully saturated rings. The lowest BCUT2D eigenvalue weighted by atomic mass is 10.1. The van der Waals surface area contributed by atoms with E-state index in [2.05, 4.69) is 20.6 Å². The molecule has 0 atom stereocenters. The van der Waals surface area contributed by atoms with Gasteiger partial charge in [-0.15, -0.1) is 0 Å². The van der Waals surface area contributed by atoms with E-state index in [-0.39, 0.29) is 11.6 Å². The fourth-order valence-electron chi connectivity index (χ4n) is 2.45. The van der Waals surface area contributed by atoms with Crippen LogP contribution < -0.4 is 10.6 Å². The van der Waals surface area contributed by atoms with Gasteiger partial charge in [-0.1, -0.05) is 17.7 Å². The first-order chi connectivity index (χ1) is 12.4. The molecule has 3 aromatic rings. The molecule has 6 heteroatoms. The van der Waals surface area contributed by atoms with Crippen LogP contribution in [0.4, 0.5) is 17.3 Å². The molecule has 0 aliphatic rings. The summed E-state index contributed by atoms with van der Waals surface area (Å²) in [5.74, 6) is 0.0645. The molecule has 1 heterocycles. The van der Waals surface area contributed by atoms with Crippen LogP contribution in [0.25, 0.3) is 0 Å². The second kappa shape index (κ2) is 7.54. The maximum Gasteiger partial charge on any atom is 0.274 e. The van der Waals surface area contributed by atoms with Gasteiger partial charge >= 0.3 is 0 Å². The van der Waals surface area contributed by atoms with Crippen LogP contribution >= 0.6 is 11.6 Å². The van der Waals surface area contributed by atoms with Crippen molar-refractivity contribution in [1.29, 1.82) is 0 Å². The smallest absolute Gasteiger partial charge is 0.274 e. The predicted octanol–water partition coefficient (Wildman–Crippen LogP) is 5.05. The molecule has 26 heavy (non-hydrogen) atoms. The summed E-state index contributed by atoms with van der Waals surface area (Å²) in [5.41, 5.74) is 5.11. The first-order valence-electron chi connectivity index (χ1n) is 8.17. The van der Waals surface area contributed by atoms with Crippen LogP contribution in [0.5, 0.6) is 0 Å². The Labute approximate surface area is 157 Å². The highest BCUT2D eigenvalue weighted by Crippen LogP contribution is 2.22. The Morgan fingerprint density at radius 3 is 2.50 bits per heavy atom. The predicted molar refractivity (Wildman–Crippen MR) is 105 cm³/mol. The summed E-state index contributed by atoms with van der Waals surface area (Å²) < 4.78 is 0. The first-order valence-corrected chi connectivity index (χ1v) is 8.55. The van der Waals surface area contributed by atoms with Crippen molar-refractivity contribution in [3.05, 3.63) is 76.1 Å². The van der Waals surface area contributed by atoms with Gasteiger partial charge in [-0.3, -0.25) is 4.79 Å². The average molecular weight is 367 g/mol. The van der Waals surface area contributed by atoms with Crippen molar-refractivity contribution in [3.8, 4) is 0 Å². The molecule has 3 rings (SSSR count). The van der Waals surface area contributed by atoms with E-state index in [1.54, 1.807) is 18.3 Å². The van der Waals surface area contributed by atoms with Gasteiger partial charge < -0.3 is 10.6 Å². The third kappa shape index (κ3) is 4.18. The largest absolute Gasteiger partial charge is 0.324 e. The Kier molecular flexibility index (Phi) is 5.19. The SMILES string of the molecule is Cc1ccc(NC(=O)c2ccnc(Nc3ccc(Cl)cc3C)n2)cc1C. The number of hydrogen-bond acceptors (Lipinski definition) is 4. The summed E-state index contributed by atoms with van der Waals surface area (Å²) in [6, 6.07) is 12.8. The number of nitrogens with zero attached hydrogens (tertiary/aromatic N) is 2. The molecule has 0 unspecified atom stereocenters. The number of benzene rings is 2. The second-order valence-electron chi connectivity index (χ2n) is 6.10. The normalized spacial score (nSPS) is 10.5. The zero-order valence-electron chi connectivity index (χ0n) is 14.8. The Bertz CT molecular complexity index is 972. The average Bonchev–Trinajstić information content (AvgIpc) is 2.61. The maximum absolute atomic E-state index is 12.5. The zero-order chi connectivity index (χ0) is 18.7. The maximum atomic E-state index is 12.5. The summed E-state index contributed by atoms with van der Waals surface area (Å²) in [7, 11) is 0. The number of anilines is 3. The highest BCUT2D eigenvalue weighted by atomic mass is 35.5. The van der Waals surface area contributed by atoms with Crippen molar-refractivity contribution >= 4 is 34.8 Å². The molecule has 2 aromatic carbocycles. The molecule has 0 aliphatic heterocycles. The molecule has 132 valence electrons. The van der Waals surface area contributed by atoms with Gasteiger partial charge in [0.25, 0.3) is 5.91 Å². The number of carbonyl (C=O) groups excluding carboxylic acids is 1. The molecule has 0 saturated carbocycles. The van der Waals surface area contributed by atoms with E-state index >= 15 is 0 Å². The standard InChI is InChI=1S/C20H19ClN4O/c1-12-4-6-16(11-13(12)2)23-19(26)18-8-9-22-20(25-18)24-17-7-5-15(21)10-14(17)3/h4-11H,1-3H3,(H,23,26)(H,22,24,25). The van der Waals surface area contributed by atoms with E-state index in [9.17, 15) is 4.79 Å². The molecular formula is C20H19ClN4O. The topological polar surface area (TPSA) is 66.9 Å². The molecule has 0 radical (unpaired) electrons. The highest BCUT2D eigenvalue weighted by molar-refractivity contribution is 6.30. The molecular weight excluding hydrogens is 348 g/mol. The van der Waals surface area contributed by atoms with Gasteiger partial charge in [0.2, 0.25) is 5.95 Å². The molecule has 0 bridgehead atoms. The van der Waals surface area contributed by atoms with Crippen molar-refractivity contribution in [2.24, 2.45) is 0 Å². The summed E-state index contributed by atoms with van der Waals surface area (Å²) in [6.07, 6.45) is 1.55. The van der Waals surface area contributed by atoms with Crippen molar-refractivity contribution in [2.75, 3.05) is 10.6 Å². The number of carbonyl (C=O) groups is 1. The van der Waals surface area contributed by atoms with Gasteiger partial charge in [-0.2, -0.15) is 0 Å². The number of nitrogens with one attached hydrogen (secondary N) is 2. The van der Waals surface area contributed by atoms with E-state index in [4.69, 9.17) is 11.6 Å². The van der Waals surface area contributed by atoms with Crippen molar-refractivity contribution in [3.63, 3.8) is 0 Å². The molecule has 0 aliphatic carbocycles. The molecule has 0 saturated heterocycles. The van der Waals surface area contributed by atoms with E-state index in [1.807, 2.05) is 51.1 Å². The lowest BCUT2D eigenvalue weighted by molar-refractivity contribution is 0.102. The van der Waals surface area contributed by atoms with Gasteiger partial charge in [0, 0.05) is 22.6 Å². The van der Waals surface area contributed by atoms with Gasteiger partial charge in [0.15, 0.2) is 0 Å². The Hall–Kier alpha value is -2.92. The van der Waals surface area contributed by atoms with Crippen LogP contribution in [0.15, 0.2) is 48.7 Å². The first kappa shape index (κ1) is 17.9. The van der Waals surface area contributed by atoms with Crippen LogP contribution in [0.2, 0.25) is 5.02 Å². The third-order valence-electron chi connectivity index (χ3n) is 4.09. The second-order valence-corrected chi connectivity index (χ2v) is 6.54. The van der Waals surface area contributed by atoms with E-state index in [0.717, 1.165) is 22.5 Å². The number of aryl methyl sites for hydroxylation is 3. The van der Waals surface area contributed by atoms with Crippen LogP contribution in [0.1, 0.15) is 27.2 Å². The number of aromatic nitrogens is 2. The molecule has 5 nitrogen and oxygen atoms in total. The number of rotatable bonds is 4.